The lowest BCUT2D eigenvalue weighted by Crippen LogP contribution is -1.99. The van der Waals surface area contributed by atoms with Gasteiger partial charge in [-0.2, -0.15) is 0 Å². The number of aryl methyl sites for hydroxylation is 1. The molecule has 0 saturated heterocycles. The molecule has 0 amide bonds. The van der Waals surface area contributed by atoms with E-state index in [1.54, 1.807) is 4.80 Å². The topological polar surface area (TPSA) is 56.7 Å². The van der Waals surface area contributed by atoms with Gasteiger partial charge in [-0.25, -0.2) is 0 Å². The number of hydrogen-bond acceptors (Lipinski definition) is 3. The van der Waals surface area contributed by atoms with Crippen LogP contribution < -0.4 is 5.73 Å². The van der Waals surface area contributed by atoms with Gasteiger partial charge in [-0.1, -0.05) is 36.4 Å². The minimum atomic E-state index is 0.706. The van der Waals surface area contributed by atoms with Gasteiger partial charge in [-0.3, -0.25) is 0 Å². The van der Waals surface area contributed by atoms with Crippen molar-refractivity contribution in [1.29, 1.82) is 0 Å². The number of nitrogens with two attached hydrogens (primary N) is 1. The summed E-state index contributed by atoms with van der Waals surface area (Å²) < 4.78 is 0.800. The Morgan fingerprint density at radius 1 is 1.05 bits per heavy atom. The summed E-state index contributed by atoms with van der Waals surface area (Å²) in [4.78, 5) is 1.68. The van der Waals surface area contributed by atoms with Crippen LogP contribution in [0, 0.1) is 6.92 Å². The molecule has 0 saturated carbocycles. The molecule has 4 nitrogen and oxygen atoms in total. The molecule has 0 aliphatic rings. The highest BCUT2D eigenvalue weighted by atomic mass is 79.9. The zero-order chi connectivity index (χ0) is 15.3. The van der Waals surface area contributed by atoms with Crippen LogP contribution in [-0.4, -0.2) is 15.0 Å². The Labute approximate surface area is 135 Å². The molecule has 4 aromatic rings. The van der Waals surface area contributed by atoms with E-state index in [9.17, 15) is 0 Å². The van der Waals surface area contributed by atoms with Gasteiger partial charge in [0.1, 0.15) is 11.0 Å². The normalized spacial score (nSPS) is 11.4. The molecule has 108 valence electrons. The molecule has 0 bridgehead atoms. The predicted octanol–water partition coefficient (Wildman–Crippen LogP) is 4.23. The van der Waals surface area contributed by atoms with Crippen molar-refractivity contribution < 1.29 is 0 Å². The minimum Gasteiger partial charge on any atom is -0.398 e. The largest absolute Gasteiger partial charge is 0.398 e. The monoisotopic (exact) mass is 352 g/mol. The Balaban J connectivity index is 2.03. The summed E-state index contributed by atoms with van der Waals surface area (Å²) in [5, 5.41) is 11.5. The van der Waals surface area contributed by atoms with E-state index < -0.39 is 0 Å². The number of nitrogens with zero attached hydrogens (tertiary/aromatic N) is 3. The Kier molecular flexibility index (Phi) is 2.90. The highest BCUT2D eigenvalue weighted by molar-refractivity contribution is 9.10. The Hall–Kier alpha value is -2.40. The van der Waals surface area contributed by atoms with Crippen LogP contribution in [0.1, 0.15) is 5.56 Å². The SMILES string of the molecule is Cc1cc2nn(-c3cccc4ccccc34)nc2c(Br)c1N. The van der Waals surface area contributed by atoms with E-state index in [-0.39, 0.29) is 0 Å². The van der Waals surface area contributed by atoms with Gasteiger partial charge in [-0.15, -0.1) is 15.0 Å². The maximum Gasteiger partial charge on any atom is 0.129 e. The van der Waals surface area contributed by atoms with Crippen LogP contribution in [0.3, 0.4) is 0 Å². The first-order valence-corrected chi connectivity index (χ1v) is 7.74. The van der Waals surface area contributed by atoms with E-state index in [4.69, 9.17) is 5.73 Å². The summed E-state index contributed by atoms with van der Waals surface area (Å²) in [5.74, 6) is 0. The highest BCUT2D eigenvalue weighted by Crippen LogP contribution is 2.31. The fraction of sp³-hybridized carbons (Fsp3) is 0.0588. The number of halogens is 1. The first kappa shape index (κ1) is 13.3. The maximum absolute atomic E-state index is 6.06. The molecule has 22 heavy (non-hydrogen) atoms. The zero-order valence-corrected chi connectivity index (χ0v) is 13.5. The van der Waals surface area contributed by atoms with Crippen LogP contribution >= 0.6 is 15.9 Å². The number of nitrogen functional groups attached to an aromatic ring is 1. The van der Waals surface area contributed by atoms with Gasteiger partial charge in [0.25, 0.3) is 0 Å². The van der Waals surface area contributed by atoms with E-state index >= 15 is 0 Å². The van der Waals surface area contributed by atoms with Crippen LogP contribution in [-0.2, 0) is 0 Å². The number of aromatic nitrogens is 3. The van der Waals surface area contributed by atoms with E-state index in [2.05, 4.69) is 44.3 Å². The van der Waals surface area contributed by atoms with Crippen molar-refractivity contribution >= 4 is 43.4 Å². The van der Waals surface area contributed by atoms with Crippen LogP contribution in [0.5, 0.6) is 0 Å². The van der Waals surface area contributed by atoms with Crippen LogP contribution in [0.25, 0.3) is 27.5 Å². The second-order valence-corrected chi connectivity index (χ2v) is 6.07. The number of rotatable bonds is 1. The summed E-state index contributed by atoms with van der Waals surface area (Å²) >= 11 is 3.53. The molecule has 4 rings (SSSR count). The molecule has 3 aromatic carbocycles. The molecule has 1 aromatic heterocycles. The van der Waals surface area contributed by atoms with E-state index in [1.165, 1.54) is 0 Å². The van der Waals surface area contributed by atoms with Crippen LogP contribution in [0.2, 0.25) is 0 Å². The zero-order valence-electron chi connectivity index (χ0n) is 11.9. The standard InChI is InChI=1S/C17H13BrN4/c1-10-9-13-17(15(18)16(10)19)21-22(20-13)14-8-4-6-11-5-2-3-7-12(11)14/h2-9H,19H2,1H3. The van der Waals surface area contributed by atoms with Gasteiger partial charge in [0.15, 0.2) is 0 Å². The molecule has 0 radical (unpaired) electrons. The van der Waals surface area contributed by atoms with E-state index in [0.717, 1.165) is 37.5 Å². The first-order valence-electron chi connectivity index (χ1n) is 6.95. The van der Waals surface area contributed by atoms with Crippen molar-refractivity contribution in [2.75, 3.05) is 5.73 Å². The molecular formula is C17H13BrN4. The van der Waals surface area contributed by atoms with E-state index in [1.807, 2.05) is 37.3 Å². The van der Waals surface area contributed by atoms with E-state index in [0.29, 0.717) is 5.69 Å². The summed E-state index contributed by atoms with van der Waals surface area (Å²) in [6.07, 6.45) is 0. The molecule has 0 atom stereocenters. The maximum atomic E-state index is 6.06. The number of hydrogen-bond donors (Lipinski definition) is 1. The third kappa shape index (κ3) is 1.89. The van der Waals surface area contributed by atoms with Crippen LogP contribution in [0.15, 0.2) is 53.0 Å². The quantitative estimate of drug-likeness (QED) is 0.521. The lowest BCUT2D eigenvalue weighted by Gasteiger charge is -2.04. The Bertz CT molecular complexity index is 1010. The number of benzene rings is 3. The highest BCUT2D eigenvalue weighted by Gasteiger charge is 2.13. The van der Waals surface area contributed by atoms with Crippen molar-refractivity contribution in [3.05, 3.63) is 58.6 Å². The van der Waals surface area contributed by atoms with Crippen molar-refractivity contribution in [2.45, 2.75) is 6.92 Å². The average Bonchev–Trinajstić information content (AvgIpc) is 2.96. The molecule has 0 aliphatic heterocycles. The average molecular weight is 353 g/mol. The molecule has 0 aliphatic carbocycles. The summed E-state index contributed by atoms with van der Waals surface area (Å²) in [6, 6.07) is 16.3. The Morgan fingerprint density at radius 3 is 2.68 bits per heavy atom. The summed E-state index contributed by atoms with van der Waals surface area (Å²) in [6.45, 7) is 1.97. The van der Waals surface area contributed by atoms with Crippen molar-refractivity contribution in [2.24, 2.45) is 0 Å². The summed E-state index contributed by atoms with van der Waals surface area (Å²) in [7, 11) is 0. The van der Waals surface area contributed by atoms with Gasteiger partial charge >= 0.3 is 0 Å². The second kappa shape index (κ2) is 4.81. The molecule has 0 fully saturated rings. The predicted molar refractivity (Wildman–Crippen MR) is 93.2 cm³/mol. The minimum absolute atomic E-state index is 0.706. The number of fused-ring (bicyclic) bond motifs is 2. The Morgan fingerprint density at radius 2 is 1.82 bits per heavy atom. The van der Waals surface area contributed by atoms with Crippen molar-refractivity contribution in [1.82, 2.24) is 15.0 Å². The fourth-order valence-corrected chi connectivity index (χ4v) is 3.24. The first-order chi connectivity index (χ1) is 10.6. The third-order valence-corrected chi connectivity index (χ3v) is 4.65. The molecule has 0 unspecified atom stereocenters. The molecule has 0 spiro atoms. The van der Waals surface area contributed by atoms with Gasteiger partial charge in [0.2, 0.25) is 0 Å². The summed E-state index contributed by atoms with van der Waals surface area (Å²) in [5.41, 5.74) is 10.3. The lowest BCUT2D eigenvalue weighted by molar-refractivity contribution is 0.771. The lowest BCUT2D eigenvalue weighted by atomic mass is 10.1. The van der Waals surface area contributed by atoms with Gasteiger partial charge in [0.05, 0.1) is 15.8 Å². The smallest absolute Gasteiger partial charge is 0.129 e. The van der Waals surface area contributed by atoms with Gasteiger partial charge in [0, 0.05) is 5.39 Å². The second-order valence-electron chi connectivity index (χ2n) is 5.28. The molecular weight excluding hydrogens is 340 g/mol. The fourth-order valence-electron chi connectivity index (χ4n) is 2.65. The molecule has 5 heteroatoms. The van der Waals surface area contributed by atoms with Crippen molar-refractivity contribution in [3.8, 4) is 5.69 Å². The van der Waals surface area contributed by atoms with Gasteiger partial charge < -0.3 is 5.73 Å². The molecule has 2 N–H and O–H groups in total. The third-order valence-electron chi connectivity index (χ3n) is 3.84. The molecule has 1 heterocycles. The number of anilines is 1. The van der Waals surface area contributed by atoms with Gasteiger partial charge in [-0.05, 0) is 45.9 Å². The van der Waals surface area contributed by atoms with Crippen LogP contribution in [0.4, 0.5) is 5.69 Å². The van der Waals surface area contributed by atoms with Crippen molar-refractivity contribution in [3.63, 3.8) is 0 Å².